The largest absolute Gasteiger partial charge is 0.376 e. The molecule has 1 fully saturated rings. The summed E-state index contributed by atoms with van der Waals surface area (Å²) in [5.74, 6) is 0.306. The number of para-hydroxylation sites is 2. The van der Waals surface area contributed by atoms with Crippen molar-refractivity contribution in [1.29, 1.82) is 0 Å². The Labute approximate surface area is 177 Å². The Morgan fingerprint density at radius 3 is 2.81 bits per heavy atom. The predicted molar refractivity (Wildman–Crippen MR) is 114 cm³/mol. The third-order valence-corrected chi connectivity index (χ3v) is 5.51. The van der Waals surface area contributed by atoms with Gasteiger partial charge in [0.2, 0.25) is 5.91 Å². The van der Waals surface area contributed by atoms with E-state index < -0.39 is 0 Å². The van der Waals surface area contributed by atoms with Gasteiger partial charge in [0, 0.05) is 13.2 Å². The van der Waals surface area contributed by atoms with Crippen molar-refractivity contribution < 1.29 is 9.53 Å². The van der Waals surface area contributed by atoms with E-state index in [1.165, 1.54) is 0 Å². The van der Waals surface area contributed by atoms with Crippen LogP contribution in [0.2, 0.25) is 0 Å². The first-order valence-corrected chi connectivity index (χ1v) is 10.3. The summed E-state index contributed by atoms with van der Waals surface area (Å²) in [6.07, 6.45) is 1.85. The number of fused-ring (bicyclic) bond motifs is 2. The van der Waals surface area contributed by atoms with Crippen LogP contribution < -0.4 is 5.56 Å². The Morgan fingerprint density at radius 2 is 1.97 bits per heavy atom. The van der Waals surface area contributed by atoms with Crippen LogP contribution in [0, 0.1) is 0 Å². The Kier molecular flexibility index (Phi) is 5.17. The quantitative estimate of drug-likeness (QED) is 0.512. The molecule has 0 radical (unpaired) electrons. The fourth-order valence-electron chi connectivity index (χ4n) is 3.94. The van der Waals surface area contributed by atoms with Crippen molar-refractivity contribution >= 4 is 27.8 Å². The van der Waals surface area contributed by atoms with Crippen LogP contribution in [0.15, 0.2) is 53.3 Å². The number of benzene rings is 2. The predicted octanol–water partition coefficient (Wildman–Crippen LogP) is 1.88. The molecular formula is C22H22N6O3. The Hall–Kier alpha value is -3.59. The number of hydrogen-bond donors (Lipinski definition) is 1. The lowest BCUT2D eigenvalue weighted by molar-refractivity contribution is -0.134. The van der Waals surface area contributed by atoms with Crippen LogP contribution in [0.5, 0.6) is 0 Å². The first kappa shape index (κ1) is 19.4. The molecule has 9 nitrogen and oxygen atoms in total. The number of nitrogens with zero attached hydrogens (tertiary/aromatic N) is 5. The number of nitrogens with one attached hydrogen (secondary N) is 1. The minimum atomic E-state index is -0.215. The fraction of sp³-hybridized carbons (Fsp3) is 0.318. The minimum Gasteiger partial charge on any atom is -0.376 e. The number of hydrogen-bond acceptors (Lipinski definition) is 6. The fourth-order valence-corrected chi connectivity index (χ4v) is 3.94. The molecule has 2 aromatic heterocycles. The van der Waals surface area contributed by atoms with Crippen LogP contribution >= 0.6 is 0 Å². The lowest BCUT2D eigenvalue weighted by Crippen LogP contribution is -2.39. The number of rotatable bonds is 6. The number of ether oxygens (including phenoxy) is 1. The van der Waals surface area contributed by atoms with Gasteiger partial charge in [-0.05, 0) is 37.1 Å². The number of H-pyrrole nitrogens is 1. The van der Waals surface area contributed by atoms with E-state index in [2.05, 4.69) is 20.3 Å². The zero-order chi connectivity index (χ0) is 21.2. The zero-order valence-electron chi connectivity index (χ0n) is 16.9. The van der Waals surface area contributed by atoms with Crippen molar-refractivity contribution in [3.8, 4) is 0 Å². The first-order chi connectivity index (χ1) is 15.2. The molecule has 2 aromatic carbocycles. The summed E-state index contributed by atoms with van der Waals surface area (Å²) in [5, 5.41) is 8.77. The minimum absolute atomic E-state index is 0.0244. The van der Waals surface area contributed by atoms with Crippen molar-refractivity contribution in [2.45, 2.75) is 32.0 Å². The van der Waals surface area contributed by atoms with Crippen molar-refractivity contribution in [2.24, 2.45) is 0 Å². The normalized spacial score (nSPS) is 16.2. The molecule has 1 aliphatic rings. The van der Waals surface area contributed by atoms with E-state index >= 15 is 0 Å². The highest BCUT2D eigenvalue weighted by atomic mass is 16.5. The number of amides is 1. The number of aromatic nitrogens is 5. The number of carbonyl (C=O) groups is 1. The lowest BCUT2D eigenvalue weighted by Gasteiger charge is -2.25. The molecule has 4 aromatic rings. The van der Waals surface area contributed by atoms with Crippen molar-refractivity contribution in [3.63, 3.8) is 0 Å². The van der Waals surface area contributed by atoms with Crippen LogP contribution in [0.1, 0.15) is 18.7 Å². The van der Waals surface area contributed by atoms with Crippen molar-refractivity contribution in [1.82, 2.24) is 29.9 Å². The summed E-state index contributed by atoms with van der Waals surface area (Å²) >= 11 is 0. The molecule has 3 heterocycles. The standard InChI is InChI=1S/C22H22N6O3/c29-21(14-28-19-10-4-3-9-18(19)25-26-28)27(12-15-6-5-11-31-15)13-20-23-17-8-2-1-7-16(17)22(30)24-20/h1-4,7-10,15H,5-6,11-14H2,(H,23,24,30). The molecular weight excluding hydrogens is 396 g/mol. The van der Waals surface area contributed by atoms with Gasteiger partial charge in [-0.1, -0.05) is 29.5 Å². The second-order valence-electron chi connectivity index (χ2n) is 7.67. The molecule has 1 saturated heterocycles. The van der Waals surface area contributed by atoms with Gasteiger partial charge in [0.1, 0.15) is 17.9 Å². The highest BCUT2D eigenvalue weighted by molar-refractivity contribution is 5.80. The van der Waals surface area contributed by atoms with Gasteiger partial charge in [-0.2, -0.15) is 0 Å². The molecule has 0 bridgehead atoms. The maximum atomic E-state index is 13.3. The highest BCUT2D eigenvalue weighted by Crippen LogP contribution is 2.16. The number of aromatic amines is 1. The lowest BCUT2D eigenvalue weighted by atomic mass is 10.2. The molecule has 158 valence electrons. The zero-order valence-corrected chi connectivity index (χ0v) is 16.9. The summed E-state index contributed by atoms with van der Waals surface area (Å²) in [4.78, 5) is 34.8. The van der Waals surface area contributed by atoms with E-state index in [0.717, 1.165) is 23.9 Å². The SMILES string of the molecule is O=C(Cn1nnc2ccccc21)N(Cc1nc2ccccc2c(=O)[nH]1)CC1CCCO1. The summed E-state index contributed by atoms with van der Waals surface area (Å²) in [6.45, 7) is 1.36. The van der Waals surface area contributed by atoms with Gasteiger partial charge in [-0.3, -0.25) is 9.59 Å². The maximum Gasteiger partial charge on any atom is 0.258 e. The van der Waals surface area contributed by atoms with Gasteiger partial charge in [-0.15, -0.1) is 5.10 Å². The second-order valence-corrected chi connectivity index (χ2v) is 7.67. The van der Waals surface area contributed by atoms with Gasteiger partial charge < -0.3 is 14.6 Å². The van der Waals surface area contributed by atoms with E-state index in [-0.39, 0.29) is 30.7 Å². The molecule has 1 unspecified atom stereocenters. The van der Waals surface area contributed by atoms with E-state index in [4.69, 9.17) is 4.74 Å². The van der Waals surface area contributed by atoms with E-state index in [9.17, 15) is 9.59 Å². The van der Waals surface area contributed by atoms with Gasteiger partial charge in [0.25, 0.3) is 5.56 Å². The van der Waals surface area contributed by atoms with Gasteiger partial charge in [0.05, 0.1) is 29.1 Å². The average molecular weight is 418 g/mol. The monoisotopic (exact) mass is 418 g/mol. The maximum absolute atomic E-state index is 13.3. The second kappa shape index (κ2) is 8.27. The molecule has 1 aliphatic heterocycles. The van der Waals surface area contributed by atoms with Gasteiger partial charge in [0.15, 0.2) is 0 Å². The van der Waals surface area contributed by atoms with Crippen LogP contribution in [0.4, 0.5) is 0 Å². The molecule has 1 N–H and O–H groups in total. The van der Waals surface area contributed by atoms with E-state index in [0.29, 0.717) is 29.9 Å². The molecule has 5 rings (SSSR count). The Morgan fingerprint density at radius 1 is 1.16 bits per heavy atom. The highest BCUT2D eigenvalue weighted by Gasteiger charge is 2.24. The molecule has 1 atom stereocenters. The molecule has 9 heteroatoms. The summed E-state index contributed by atoms with van der Waals surface area (Å²) in [5.41, 5.74) is 1.92. The van der Waals surface area contributed by atoms with Gasteiger partial charge >= 0.3 is 0 Å². The summed E-state index contributed by atoms with van der Waals surface area (Å²) in [7, 11) is 0. The van der Waals surface area contributed by atoms with E-state index in [1.807, 2.05) is 30.3 Å². The molecule has 0 saturated carbocycles. The third kappa shape index (κ3) is 4.04. The Balaban J connectivity index is 1.42. The molecule has 31 heavy (non-hydrogen) atoms. The third-order valence-electron chi connectivity index (χ3n) is 5.51. The molecule has 0 spiro atoms. The van der Waals surface area contributed by atoms with Gasteiger partial charge in [-0.25, -0.2) is 9.67 Å². The molecule has 1 amide bonds. The van der Waals surface area contributed by atoms with Crippen molar-refractivity contribution in [2.75, 3.05) is 13.2 Å². The first-order valence-electron chi connectivity index (χ1n) is 10.3. The topological polar surface area (TPSA) is 106 Å². The number of carbonyl (C=O) groups excluding carboxylic acids is 1. The van der Waals surface area contributed by atoms with Crippen molar-refractivity contribution in [3.05, 3.63) is 64.7 Å². The summed E-state index contributed by atoms with van der Waals surface area (Å²) in [6, 6.07) is 14.7. The molecule has 0 aliphatic carbocycles. The average Bonchev–Trinajstić information content (AvgIpc) is 3.44. The smallest absolute Gasteiger partial charge is 0.258 e. The van der Waals surface area contributed by atoms with Crippen LogP contribution in [-0.2, 0) is 22.6 Å². The van der Waals surface area contributed by atoms with Crippen LogP contribution in [-0.4, -0.2) is 55.0 Å². The summed E-state index contributed by atoms with van der Waals surface area (Å²) < 4.78 is 7.34. The van der Waals surface area contributed by atoms with Crippen LogP contribution in [0.25, 0.3) is 21.9 Å². The van der Waals surface area contributed by atoms with Crippen LogP contribution in [0.3, 0.4) is 0 Å². The Bertz CT molecular complexity index is 1290. The van der Waals surface area contributed by atoms with E-state index in [1.54, 1.807) is 27.8 Å².